The summed E-state index contributed by atoms with van der Waals surface area (Å²) in [6.45, 7) is 4.21. The topological polar surface area (TPSA) is 106 Å². The van der Waals surface area contributed by atoms with Crippen molar-refractivity contribution < 1.29 is 19.2 Å². The smallest absolute Gasteiger partial charge is 0.157 e. The van der Waals surface area contributed by atoms with E-state index in [1.54, 1.807) is 18.3 Å². The van der Waals surface area contributed by atoms with Gasteiger partial charge in [0.25, 0.3) is 0 Å². The largest absolute Gasteiger partial charge is 0.393 e. The molecule has 0 spiro atoms. The Kier molecular flexibility index (Phi) is 8.58. The first-order valence-electron chi connectivity index (χ1n) is 13.1. The number of thiophene rings is 1. The Morgan fingerprint density at radius 2 is 1.87 bits per heavy atom. The number of hydrogen-bond acceptors (Lipinski definition) is 7. The molecule has 3 N–H and O–H groups in total. The second-order valence-electron chi connectivity index (χ2n) is 9.98. The van der Waals surface area contributed by atoms with Crippen LogP contribution in [0.15, 0.2) is 53.4 Å². The molecule has 4 unspecified atom stereocenters. The molecule has 38 heavy (non-hydrogen) atoms. The molecular formula is C29H33N3O4S2. The molecule has 9 heteroatoms. The van der Waals surface area contributed by atoms with Crippen LogP contribution in [0.2, 0.25) is 0 Å². The number of nitrogens with one attached hydrogen (secondary N) is 1. The van der Waals surface area contributed by atoms with Gasteiger partial charge in [0.15, 0.2) is 6.29 Å². The van der Waals surface area contributed by atoms with Crippen molar-refractivity contribution in [1.29, 1.82) is 5.26 Å². The minimum absolute atomic E-state index is 0.152. The number of fused-ring (bicyclic) bond motifs is 1. The average molecular weight is 552 g/mol. The minimum atomic E-state index is -1.74. The van der Waals surface area contributed by atoms with E-state index in [0.29, 0.717) is 12.0 Å². The van der Waals surface area contributed by atoms with E-state index in [1.165, 1.54) is 35.7 Å². The molecule has 200 valence electrons. The molecule has 4 atom stereocenters. The quantitative estimate of drug-likeness (QED) is 0.360. The Balaban J connectivity index is 1.30. The van der Waals surface area contributed by atoms with E-state index in [9.17, 15) is 19.7 Å². The van der Waals surface area contributed by atoms with Crippen LogP contribution in [0.1, 0.15) is 43.9 Å². The van der Waals surface area contributed by atoms with E-state index in [4.69, 9.17) is 4.74 Å². The van der Waals surface area contributed by atoms with Gasteiger partial charge >= 0.3 is 0 Å². The summed E-state index contributed by atoms with van der Waals surface area (Å²) >= 11 is 1.57. The van der Waals surface area contributed by atoms with Gasteiger partial charge < -0.3 is 19.8 Å². The van der Waals surface area contributed by atoms with E-state index in [0.717, 1.165) is 28.4 Å². The third kappa shape index (κ3) is 6.18. The maximum atomic E-state index is 12.9. The summed E-state index contributed by atoms with van der Waals surface area (Å²) in [7, 11) is -1.74. The van der Waals surface area contributed by atoms with Gasteiger partial charge in [-0.05, 0) is 78.4 Å². The van der Waals surface area contributed by atoms with Crippen molar-refractivity contribution in [3.63, 3.8) is 0 Å². The number of hydrogen-bond donors (Lipinski definition) is 3. The normalized spacial score (nSPS) is 23.6. The van der Waals surface area contributed by atoms with Crippen LogP contribution in [0, 0.1) is 11.3 Å². The second-order valence-corrected chi connectivity index (χ2v) is 12.3. The average Bonchev–Trinajstić information content (AvgIpc) is 3.42. The van der Waals surface area contributed by atoms with Crippen molar-refractivity contribution in [3.8, 4) is 16.5 Å². The summed E-state index contributed by atoms with van der Waals surface area (Å²) in [6, 6.07) is 19.3. The molecule has 0 saturated carbocycles. The Morgan fingerprint density at radius 3 is 2.63 bits per heavy atom. The molecule has 0 radical (unpaired) electrons. The number of ether oxygens (including phenoxy) is 1. The summed E-state index contributed by atoms with van der Waals surface area (Å²) in [6.07, 6.45) is 2.16. The third-order valence-electron chi connectivity index (χ3n) is 7.23. The molecule has 2 saturated heterocycles. The second kappa shape index (κ2) is 12.1. The van der Waals surface area contributed by atoms with Crippen LogP contribution in [0.4, 0.5) is 5.69 Å². The van der Waals surface area contributed by atoms with Crippen LogP contribution in [0.25, 0.3) is 26.8 Å². The van der Waals surface area contributed by atoms with Crippen molar-refractivity contribution in [2.45, 2.75) is 57.5 Å². The van der Waals surface area contributed by atoms with Crippen molar-refractivity contribution in [2.75, 3.05) is 24.5 Å². The van der Waals surface area contributed by atoms with Gasteiger partial charge in [-0.25, -0.2) is 8.93 Å². The molecule has 2 aliphatic heterocycles. The highest BCUT2D eigenvalue weighted by Gasteiger charge is 2.27. The van der Waals surface area contributed by atoms with E-state index in [-0.39, 0.29) is 17.9 Å². The third-order valence-corrected chi connectivity index (χ3v) is 9.68. The monoisotopic (exact) mass is 551 g/mol. The minimum Gasteiger partial charge on any atom is -0.393 e. The van der Waals surface area contributed by atoms with Gasteiger partial charge in [-0.1, -0.05) is 18.2 Å². The van der Waals surface area contributed by atoms with Gasteiger partial charge in [-0.3, -0.25) is 0 Å². The number of aliphatic hydroxyl groups is 2. The zero-order valence-electron chi connectivity index (χ0n) is 21.4. The van der Waals surface area contributed by atoms with Gasteiger partial charge in [0.2, 0.25) is 0 Å². The number of allylic oxidation sites excluding steroid dienone is 2. The fourth-order valence-corrected chi connectivity index (χ4v) is 7.17. The number of rotatable bonds is 7. The van der Waals surface area contributed by atoms with Crippen LogP contribution in [-0.2, 0) is 15.7 Å². The molecule has 2 aromatic carbocycles. The first-order chi connectivity index (χ1) is 18.4. The van der Waals surface area contributed by atoms with Gasteiger partial charge in [-0.15, -0.1) is 11.3 Å². The number of nitriles is 1. The summed E-state index contributed by atoms with van der Waals surface area (Å²) < 4.78 is 21.1. The highest BCUT2D eigenvalue weighted by Crippen LogP contribution is 2.35. The first-order valence-corrected chi connectivity index (χ1v) is 15.0. The van der Waals surface area contributed by atoms with Gasteiger partial charge in [0.05, 0.1) is 12.2 Å². The molecule has 3 aromatic rings. The van der Waals surface area contributed by atoms with E-state index in [1.807, 2.05) is 12.1 Å². The fourth-order valence-electron chi connectivity index (χ4n) is 5.14. The first kappa shape index (κ1) is 27.0. The SMILES string of the molecule is C/C(=C(/C#N)S(=O)NCC1CC(O)CC(O)O1)c1ccc(-c2ccc3cc(N4CCCCC4)ccc3c2)s1. The molecule has 3 heterocycles. The van der Waals surface area contributed by atoms with Crippen LogP contribution >= 0.6 is 11.3 Å². The molecule has 2 aliphatic rings. The molecular weight excluding hydrogens is 518 g/mol. The van der Waals surface area contributed by atoms with Gasteiger partial charge in [0.1, 0.15) is 22.0 Å². The number of benzene rings is 2. The van der Waals surface area contributed by atoms with Crippen molar-refractivity contribution >= 4 is 44.4 Å². The lowest BCUT2D eigenvalue weighted by Gasteiger charge is -2.30. The summed E-state index contributed by atoms with van der Waals surface area (Å²) in [5.41, 5.74) is 3.06. The van der Waals surface area contributed by atoms with Gasteiger partial charge in [0, 0.05) is 47.9 Å². The van der Waals surface area contributed by atoms with Crippen LogP contribution in [0.3, 0.4) is 0 Å². The number of piperidine rings is 1. The fraction of sp³-hybridized carbons (Fsp3) is 0.414. The molecule has 0 bridgehead atoms. The Hall–Kier alpha value is -2.58. The lowest BCUT2D eigenvalue weighted by atomic mass is 10.0. The predicted octanol–water partition coefficient (Wildman–Crippen LogP) is 4.92. The lowest BCUT2D eigenvalue weighted by molar-refractivity contribution is -0.186. The van der Waals surface area contributed by atoms with Crippen LogP contribution in [-0.4, -0.2) is 52.6 Å². The maximum Gasteiger partial charge on any atom is 0.157 e. The molecule has 2 fully saturated rings. The molecule has 0 aliphatic carbocycles. The maximum absolute atomic E-state index is 12.9. The Morgan fingerprint density at radius 1 is 1.11 bits per heavy atom. The highest BCUT2D eigenvalue weighted by molar-refractivity contribution is 7.87. The lowest BCUT2D eigenvalue weighted by Crippen LogP contribution is -2.41. The van der Waals surface area contributed by atoms with Gasteiger partial charge in [-0.2, -0.15) is 5.26 Å². The Labute approximate surface area is 229 Å². The van der Waals surface area contributed by atoms with Crippen molar-refractivity contribution in [1.82, 2.24) is 4.72 Å². The van der Waals surface area contributed by atoms with Crippen molar-refractivity contribution in [2.24, 2.45) is 0 Å². The molecule has 7 nitrogen and oxygen atoms in total. The number of aliphatic hydroxyl groups excluding tert-OH is 2. The zero-order chi connectivity index (χ0) is 26.6. The predicted molar refractivity (Wildman–Crippen MR) is 154 cm³/mol. The molecule has 5 rings (SSSR count). The standard InChI is InChI=1S/C29H33N3O4S2/c1-19(28(17-30)38(35)31-18-25-15-24(33)16-29(34)36-25)26-9-10-27(37-26)22-6-5-21-14-23(8-7-20(21)13-22)32-11-3-2-4-12-32/h5-10,13-14,24-25,29,31,33-34H,2-4,11-12,15-16,18H2,1H3/b28-19+. The van der Waals surface area contributed by atoms with E-state index < -0.39 is 29.5 Å². The summed E-state index contributed by atoms with van der Waals surface area (Å²) in [4.78, 5) is 4.58. The zero-order valence-corrected chi connectivity index (χ0v) is 23.1. The molecule has 0 amide bonds. The highest BCUT2D eigenvalue weighted by atomic mass is 32.2. The summed E-state index contributed by atoms with van der Waals surface area (Å²) in [5.74, 6) is 0. The van der Waals surface area contributed by atoms with Crippen LogP contribution in [0.5, 0.6) is 0 Å². The van der Waals surface area contributed by atoms with Crippen molar-refractivity contribution in [3.05, 3.63) is 58.3 Å². The van der Waals surface area contributed by atoms with E-state index in [2.05, 4.69) is 52.1 Å². The molecule has 1 aromatic heterocycles. The summed E-state index contributed by atoms with van der Waals surface area (Å²) in [5, 5.41) is 31.7. The van der Waals surface area contributed by atoms with E-state index >= 15 is 0 Å². The number of nitrogens with zero attached hydrogens (tertiary/aromatic N) is 2. The Bertz CT molecular complexity index is 1380. The number of anilines is 1. The van der Waals surface area contributed by atoms with Crippen LogP contribution < -0.4 is 9.62 Å².